The van der Waals surface area contributed by atoms with Gasteiger partial charge in [0.15, 0.2) is 11.9 Å². The molecule has 0 bridgehead atoms. The maximum Gasteiger partial charge on any atom is 0.311 e. The number of nitrogen functional groups attached to an aromatic ring is 1. The first-order valence-corrected chi connectivity index (χ1v) is 7.75. The summed E-state index contributed by atoms with van der Waals surface area (Å²) in [6, 6.07) is 0. The minimum atomic E-state index is -0.811. The molecule has 1 fully saturated rings. The first kappa shape index (κ1) is 15.3. The van der Waals surface area contributed by atoms with Crippen LogP contribution < -0.4 is 10.6 Å². The Labute approximate surface area is 130 Å². The molecule has 8 nitrogen and oxygen atoms in total. The molecule has 2 aromatic rings. The van der Waals surface area contributed by atoms with Gasteiger partial charge in [-0.2, -0.15) is 4.98 Å². The molecule has 1 saturated heterocycles. The molecular formula is C13H18N4O4S. The van der Waals surface area contributed by atoms with Crippen molar-refractivity contribution in [1.82, 2.24) is 14.5 Å². The molecule has 4 atom stereocenters. The predicted octanol–water partition coefficient (Wildman–Crippen LogP) is 0.427. The van der Waals surface area contributed by atoms with E-state index in [1.54, 1.807) is 14.0 Å². The van der Waals surface area contributed by atoms with E-state index in [1.807, 2.05) is 6.92 Å². The van der Waals surface area contributed by atoms with E-state index in [4.69, 9.17) is 15.2 Å². The van der Waals surface area contributed by atoms with E-state index in [2.05, 4.69) is 9.97 Å². The molecule has 9 heteroatoms. The van der Waals surface area contributed by atoms with Crippen LogP contribution in [0.3, 0.4) is 0 Å². The highest BCUT2D eigenvalue weighted by molar-refractivity contribution is 7.16. The highest BCUT2D eigenvalue weighted by Crippen LogP contribution is 2.33. The molecule has 0 spiro atoms. The zero-order valence-corrected chi connectivity index (χ0v) is 13.3. The third kappa shape index (κ3) is 2.39. The molecule has 3 heterocycles. The minimum Gasteiger partial charge on any atom is -0.388 e. The van der Waals surface area contributed by atoms with E-state index in [0.717, 1.165) is 11.3 Å². The number of rotatable bonds is 3. The summed E-state index contributed by atoms with van der Waals surface area (Å²) in [5.74, 6) is 0.0887. The van der Waals surface area contributed by atoms with Crippen molar-refractivity contribution in [3.63, 3.8) is 0 Å². The summed E-state index contributed by atoms with van der Waals surface area (Å²) in [5, 5.41) is 10.3. The van der Waals surface area contributed by atoms with E-state index >= 15 is 0 Å². The van der Waals surface area contributed by atoms with E-state index in [9.17, 15) is 9.90 Å². The van der Waals surface area contributed by atoms with Crippen LogP contribution in [-0.2, 0) is 9.47 Å². The molecule has 0 amide bonds. The molecule has 2 aromatic heterocycles. The van der Waals surface area contributed by atoms with Gasteiger partial charge in [-0.15, -0.1) is 0 Å². The van der Waals surface area contributed by atoms with Crippen LogP contribution in [0.5, 0.6) is 0 Å². The summed E-state index contributed by atoms with van der Waals surface area (Å²) in [7, 11) is 1.58. The smallest absolute Gasteiger partial charge is 0.311 e. The number of anilines is 1. The number of methoxy groups -OCH3 is 1. The predicted molar refractivity (Wildman–Crippen MR) is 81.8 cm³/mol. The van der Waals surface area contributed by atoms with Crippen LogP contribution in [0.2, 0.25) is 0 Å². The number of hydrogen-bond acceptors (Lipinski definition) is 8. The summed E-state index contributed by atoms with van der Waals surface area (Å²) >= 11 is 1.02. The van der Waals surface area contributed by atoms with E-state index in [1.165, 1.54) is 4.57 Å². The molecule has 120 valence electrons. The molecule has 22 heavy (non-hydrogen) atoms. The summed E-state index contributed by atoms with van der Waals surface area (Å²) in [5.41, 5.74) is 6.71. The van der Waals surface area contributed by atoms with Gasteiger partial charge in [-0.3, -0.25) is 9.36 Å². The first-order valence-electron chi connectivity index (χ1n) is 6.93. The van der Waals surface area contributed by atoms with Crippen molar-refractivity contribution in [1.29, 1.82) is 0 Å². The largest absolute Gasteiger partial charge is 0.388 e. The van der Waals surface area contributed by atoms with Crippen molar-refractivity contribution in [2.24, 2.45) is 0 Å². The van der Waals surface area contributed by atoms with Gasteiger partial charge in [0, 0.05) is 13.5 Å². The molecule has 0 aliphatic carbocycles. The van der Waals surface area contributed by atoms with Crippen LogP contribution in [0.1, 0.15) is 25.3 Å². The van der Waals surface area contributed by atoms with Gasteiger partial charge in [0.1, 0.15) is 6.10 Å². The van der Waals surface area contributed by atoms with Crippen molar-refractivity contribution >= 4 is 27.6 Å². The Bertz CT molecular complexity index is 758. The Morgan fingerprint density at radius 1 is 1.55 bits per heavy atom. The zero-order chi connectivity index (χ0) is 16.0. The minimum absolute atomic E-state index is 0.0887. The van der Waals surface area contributed by atoms with Crippen molar-refractivity contribution in [2.45, 2.75) is 44.8 Å². The lowest BCUT2D eigenvalue weighted by Crippen LogP contribution is -2.28. The van der Waals surface area contributed by atoms with E-state index in [-0.39, 0.29) is 23.0 Å². The Morgan fingerprint density at radius 2 is 2.27 bits per heavy atom. The van der Waals surface area contributed by atoms with Crippen LogP contribution in [-0.4, -0.2) is 45.1 Å². The molecule has 1 aliphatic heterocycles. The normalized spacial score (nSPS) is 26.6. The lowest BCUT2D eigenvalue weighted by Gasteiger charge is -2.19. The van der Waals surface area contributed by atoms with E-state index < -0.39 is 12.3 Å². The Hall–Kier alpha value is -1.55. The number of fused-ring (bicyclic) bond motifs is 1. The Kier molecular flexibility index (Phi) is 3.89. The quantitative estimate of drug-likeness (QED) is 0.841. The lowest BCUT2D eigenvalue weighted by atomic mass is 10.1. The maximum atomic E-state index is 12.3. The van der Waals surface area contributed by atoms with Crippen LogP contribution in [0, 0.1) is 6.92 Å². The second kappa shape index (κ2) is 5.58. The topological polar surface area (TPSA) is 112 Å². The number of hydrogen-bond donors (Lipinski definition) is 2. The molecule has 3 rings (SSSR count). The number of ether oxygens (including phenoxy) is 2. The van der Waals surface area contributed by atoms with Crippen LogP contribution in [0.25, 0.3) is 10.3 Å². The van der Waals surface area contributed by atoms with Crippen LogP contribution in [0.4, 0.5) is 5.95 Å². The van der Waals surface area contributed by atoms with Crippen molar-refractivity contribution in [2.75, 3.05) is 12.8 Å². The number of aliphatic hydroxyl groups excluding tert-OH is 1. The summed E-state index contributed by atoms with van der Waals surface area (Å²) in [4.78, 5) is 20.3. The second-order valence-electron chi connectivity index (χ2n) is 5.37. The highest BCUT2D eigenvalue weighted by atomic mass is 32.1. The van der Waals surface area contributed by atoms with Crippen LogP contribution in [0.15, 0.2) is 4.79 Å². The van der Waals surface area contributed by atoms with Gasteiger partial charge in [-0.05, 0) is 13.8 Å². The van der Waals surface area contributed by atoms with Crippen molar-refractivity contribution in [3.05, 3.63) is 15.4 Å². The third-order valence-corrected chi connectivity index (χ3v) is 4.97. The summed E-state index contributed by atoms with van der Waals surface area (Å²) in [6.07, 6.45) is -1.68. The van der Waals surface area contributed by atoms with Gasteiger partial charge < -0.3 is 20.3 Å². The zero-order valence-electron chi connectivity index (χ0n) is 12.5. The summed E-state index contributed by atoms with van der Waals surface area (Å²) in [6.45, 7) is 3.63. The molecule has 0 saturated carbocycles. The maximum absolute atomic E-state index is 12.3. The molecule has 3 N–H and O–H groups in total. The number of thiazole rings is 1. The van der Waals surface area contributed by atoms with Crippen molar-refractivity contribution < 1.29 is 14.6 Å². The van der Waals surface area contributed by atoms with Gasteiger partial charge in [0.2, 0.25) is 5.95 Å². The van der Waals surface area contributed by atoms with Crippen molar-refractivity contribution in [3.8, 4) is 0 Å². The molecule has 0 radical (unpaired) electrons. The van der Waals surface area contributed by atoms with Gasteiger partial charge in [-0.1, -0.05) is 11.3 Å². The van der Waals surface area contributed by atoms with Gasteiger partial charge >= 0.3 is 4.87 Å². The fourth-order valence-corrected chi connectivity index (χ4v) is 3.56. The first-order chi connectivity index (χ1) is 10.4. The molecule has 1 aliphatic rings. The lowest BCUT2D eigenvalue weighted by molar-refractivity contribution is -0.0798. The van der Waals surface area contributed by atoms with Gasteiger partial charge in [0.25, 0.3) is 0 Å². The van der Waals surface area contributed by atoms with Gasteiger partial charge in [0.05, 0.1) is 22.6 Å². The van der Waals surface area contributed by atoms with Gasteiger partial charge in [-0.25, -0.2) is 4.98 Å². The van der Waals surface area contributed by atoms with E-state index in [0.29, 0.717) is 22.5 Å². The SMILES string of the molecule is COC(C)[C@@H]1C[C@H](O)[C@H](n2c(=O)sc3c(C)nc(N)nc32)O1. The molecule has 1 unspecified atom stereocenters. The third-order valence-electron chi connectivity index (χ3n) is 3.92. The fraction of sp³-hybridized carbons (Fsp3) is 0.615. The molecule has 0 aromatic carbocycles. The summed E-state index contributed by atoms with van der Waals surface area (Å²) < 4.78 is 13.1. The average molecular weight is 326 g/mol. The number of aryl methyl sites for hydroxylation is 1. The Morgan fingerprint density at radius 3 is 2.95 bits per heavy atom. The Balaban J connectivity index is 2.07. The van der Waals surface area contributed by atoms with Crippen LogP contribution >= 0.6 is 11.3 Å². The monoisotopic (exact) mass is 326 g/mol. The highest BCUT2D eigenvalue weighted by Gasteiger charge is 2.40. The number of aliphatic hydroxyl groups is 1. The number of nitrogens with two attached hydrogens (primary N) is 1. The molecular weight excluding hydrogens is 308 g/mol. The standard InChI is InChI=1S/C13H18N4O4S/c1-5-9-10(16-12(14)15-5)17(13(19)22-9)11-7(18)4-8(21-11)6(2)20-3/h6-8,11,18H,4H2,1-3H3,(H2,14,15,16)/t6?,7-,8-,11+/m0/s1. The number of aromatic nitrogens is 3. The second-order valence-corrected chi connectivity index (χ2v) is 6.33. The fourth-order valence-electron chi connectivity index (χ4n) is 2.67. The average Bonchev–Trinajstić information content (AvgIpc) is 2.98. The number of nitrogens with zero attached hydrogens (tertiary/aromatic N) is 3.